The zero-order chi connectivity index (χ0) is 25.3. The minimum Gasteiger partial charge on any atom is -0.458 e. The van der Waals surface area contributed by atoms with E-state index in [4.69, 9.17) is 9.57 Å². The van der Waals surface area contributed by atoms with Gasteiger partial charge in [0.15, 0.2) is 0 Å². The molecule has 9 atom stereocenters. The number of hydroxylamine groups is 2. The van der Waals surface area contributed by atoms with E-state index in [0.29, 0.717) is 12.8 Å². The maximum Gasteiger partial charge on any atom is 0.345 e. The van der Waals surface area contributed by atoms with E-state index in [0.717, 1.165) is 17.1 Å². The molecule has 0 spiro atoms. The number of rotatable bonds is 3. The molecule has 8 heteroatoms. The Morgan fingerprint density at radius 2 is 1.91 bits per heavy atom. The number of carbonyl (C=O) groups is 2. The van der Waals surface area contributed by atoms with Gasteiger partial charge in [0.2, 0.25) is 0 Å². The number of hydrogen-bond donors (Lipinski definition) is 2. The Labute approximate surface area is 210 Å². The van der Waals surface area contributed by atoms with Gasteiger partial charge in [0.05, 0.1) is 29.7 Å². The van der Waals surface area contributed by atoms with Crippen molar-refractivity contribution in [3.05, 3.63) is 33.9 Å². The molecule has 190 valence electrons. The van der Waals surface area contributed by atoms with E-state index >= 15 is 0 Å². The van der Waals surface area contributed by atoms with Gasteiger partial charge in [-0.3, -0.25) is 9.63 Å². The van der Waals surface area contributed by atoms with Gasteiger partial charge in [-0.15, -0.1) is 0 Å². The fourth-order valence-electron chi connectivity index (χ4n) is 5.80. The monoisotopic (exact) mass is 539 g/mol. The van der Waals surface area contributed by atoms with Gasteiger partial charge in [-0.05, 0) is 67.8 Å². The van der Waals surface area contributed by atoms with Crippen molar-refractivity contribution in [3.8, 4) is 0 Å². The van der Waals surface area contributed by atoms with Crippen LogP contribution in [0.4, 0.5) is 0 Å². The average Bonchev–Trinajstić information content (AvgIpc) is 3.02. The van der Waals surface area contributed by atoms with Crippen LogP contribution in [0.3, 0.4) is 0 Å². The van der Waals surface area contributed by atoms with Gasteiger partial charge in [0, 0.05) is 24.8 Å². The van der Waals surface area contributed by atoms with Gasteiger partial charge >= 0.3 is 5.97 Å². The highest BCUT2D eigenvalue weighted by Gasteiger charge is 2.52. The van der Waals surface area contributed by atoms with Gasteiger partial charge in [-0.1, -0.05) is 36.3 Å². The number of allylic oxidation sites excluding steroid dienone is 4. The lowest BCUT2D eigenvalue weighted by Crippen LogP contribution is -2.39. The van der Waals surface area contributed by atoms with Crippen LogP contribution in [-0.2, 0) is 19.2 Å². The van der Waals surface area contributed by atoms with Gasteiger partial charge in [0.1, 0.15) is 6.10 Å². The van der Waals surface area contributed by atoms with Crippen LogP contribution >= 0.6 is 15.9 Å². The Morgan fingerprint density at radius 1 is 1.24 bits per heavy atom. The number of nitrogens with zero attached hydrogens (tertiary/aromatic N) is 1. The standard InChI is InChI=1S/C26H38BrNO6/c1-13-7-9-17-14(2)11-19-22(24(30)16(4)23(19)29)18(17)12-20(27)26(32)34-21(10-8-13)15(3)25(31)28(5)33-6/h7,11-12,15-19,21-24,29-30H,8-10H2,1-6H3/b13-7+,20-12-/t15-,16+,17?,18?,19-,21+,22-,23+,24-/m0/s1. The summed E-state index contributed by atoms with van der Waals surface area (Å²) in [7, 11) is 2.96. The lowest BCUT2D eigenvalue weighted by Gasteiger charge is -2.39. The molecule has 2 N–H and O–H groups in total. The summed E-state index contributed by atoms with van der Waals surface area (Å²) in [5.74, 6) is -2.01. The van der Waals surface area contributed by atoms with Crippen LogP contribution in [0.2, 0.25) is 0 Å². The highest BCUT2D eigenvalue weighted by atomic mass is 79.9. The quantitative estimate of drug-likeness (QED) is 0.322. The van der Waals surface area contributed by atoms with Crippen molar-refractivity contribution < 1.29 is 29.4 Å². The largest absolute Gasteiger partial charge is 0.458 e. The molecule has 3 aliphatic rings. The van der Waals surface area contributed by atoms with Crippen LogP contribution < -0.4 is 0 Å². The lowest BCUT2D eigenvalue weighted by atomic mass is 9.66. The molecule has 34 heavy (non-hydrogen) atoms. The first-order chi connectivity index (χ1) is 16.0. The molecule has 0 aromatic rings. The molecular formula is C26H38BrNO6. The number of carbonyl (C=O) groups excluding carboxylic acids is 2. The third-order valence-corrected chi connectivity index (χ3v) is 8.71. The normalized spacial score (nSPS) is 40.6. The highest BCUT2D eigenvalue weighted by Crippen LogP contribution is 2.51. The maximum absolute atomic E-state index is 13.1. The summed E-state index contributed by atoms with van der Waals surface area (Å²) in [4.78, 5) is 30.8. The number of amides is 1. The van der Waals surface area contributed by atoms with Crippen LogP contribution in [-0.4, -0.2) is 59.6 Å². The minimum absolute atomic E-state index is 0.106. The second kappa shape index (κ2) is 11.1. The van der Waals surface area contributed by atoms with Gasteiger partial charge in [-0.2, -0.15) is 0 Å². The molecule has 0 saturated heterocycles. The second-order valence-corrected chi connectivity index (χ2v) is 11.0. The van der Waals surface area contributed by atoms with Gasteiger partial charge in [0.25, 0.3) is 5.91 Å². The Bertz CT molecular complexity index is 883. The van der Waals surface area contributed by atoms with Crippen molar-refractivity contribution in [1.82, 2.24) is 5.06 Å². The second-order valence-electron chi connectivity index (χ2n) is 10.2. The number of fused-ring (bicyclic) bond motifs is 3. The van der Waals surface area contributed by atoms with E-state index in [1.807, 2.05) is 13.0 Å². The molecule has 3 rings (SSSR count). The van der Waals surface area contributed by atoms with Crippen LogP contribution in [0, 0.1) is 35.5 Å². The molecule has 2 aliphatic carbocycles. The van der Waals surface area contributed by atoms with Crippen molar-refractivity contribution in [2.24, 2.45) is 35.5 Å². The molecule has 2 unspecified atom stereocenters. The van der Waals surface area contributed by atoms with Crippen molar-refractivity contribution in [1.29, 1.82) is 0 Å². The summed E-state index contributed by atoms with van der Waals surface area (Å²) >= 11 is 3.43. The van der Waals surface area contributed by atoms with Crippen LogP contribution in [0.1, 0.15) is 47.0 Å². The molecule has 0 bridgehead atoms. The van der Waals surface area contributed by atoms with Crippen molar-refractivity contribution in [2.75, 3.05) is 14.2 Å². The van der Waals surface area contributed by atoms with E-state index in [2.05, 4.69) is 41.9 Å². The number of esters is 1. The first kappa shape index (κ1) is 27.1. The van der Waals surface area contributed by atoms with E-state index in [9.17, 15) is 19.8 Å². The number of hydrogen-bond acceptors (Lipinski definition) is 6. The molecule has 0 radical (unpaired) electrons. The van der Waals surface area contributed by atoms with Crippen molar-refractivity contribution in [3.63, 3.8) is 0 Å². The third kappa shape index (κ3) is 5.35. The summed E-state index contributed by atoms with van der Waals surface area (Å²) < 4.78 is 6.12. The molecular weight excluding hydrogens is 502 g/mol. The van der Waals surface area contributed by atoms with E-state index in [1.54, 1.807) is 6.92 Å². The first-order valence-corrected chi connectivity index (χ1v) is 12.9. The highest BCUT2D eigenvalue weighted by molar-refractivity contribution is 9.12. The first-order valence-electron chi connectivity index (χ1n) is 12.1. The SMILES string of the molecule is CON(C)C(=O)[C@@H](C)[C@H]1CC/C(C)=C/CC2C(C)=C[C@@H]3[C@H](O)[C@@H](C)[C@H](O)[C@H]3C2/C=C(\Br)C(=O)O1. The summed E-state index contributed by atoms with van der Waals surface area (Å²) in [6, 6.07) is 0. The zero-order valence-corrected chi connectivity index (χ0v) is 22.5. The maximum atomic E-state index is 13.1. The number of cyclic esters (lactones) is 1. The predicted molar refractivity (Wildman–Crippen MR) is 132 cm³/mol. The summed E-state index contributed by atoms with van der Waals surface area (Å²) in [6.07, 6.45) is 6.27. The smallest absolute Gasteiger partial charge is 0.345 e. The average molecular weight is 540 g/mol. The summed E-state index contributed by atoms with van der Waals surface area (Å²) in [5, 5.41) is 22.9. The van der Waals surface area contributed by atoms with Crippen molar-refractivity contribution in [2.45, 2.75) is 65.3 Å². The van der Waals surface area contributed by atoms with Gasteiger partial charge in [-0.25, -0.2) is 9.86 Å². The van der Waals surface area contributed by atoms with Crippen LogP contribution in [0.5, 0.6) is 0 Å². The Hall–Kier alpha value is -1.48. The van der Waals surface area contributed by atoms with Crippen LogP contribution in [0.25, 0.3) is 0 Å². The predicted octanol–water partition coefficient (Wildman–Crippen LogP) is 3.76. The molecule has 1 fully saturated rings. The van der Waals surface area contributed by atoms with E-state index < -0.39 is 30.2 Å². The van der Waals surface area contributed by atoms with Gasteiger partial charge < -0.3 is 14.9 Å². The summed E-state index contributed by atoms with van der Waals surface area (Å²) in [6.45, 7) is 7.74. The molecule has 1 heterocycles. The zero-order valence-electron chi connectivity index (χ0n) is 20.9. The van der Waals surface area contributed by atoms with Crippen molar-refractivity contribution >= 4 is 27.8 Å². The van der Waals surface area contributed by atoms with E-state index in [-0.39, 0.29) is 40.0 Å². The van der Waals surface area contributed by atoms with Crippen LogP contribution in [0.15, 0.2) is 33.9 Å². The van der Waals surface area contributed by atoms with E-state index in [1.165, 1.54) is 19.7 Å². The molecule has 7 nitrogen and oxygen atoms in total. The number of halogens is 1. The number of ether oxygens (including phenoxy) is 1. The number of aliphatic hydroxyl groups is 2. The molecule has 1 saturated carbocycles. The molecule has 0 aromatic carbocycles. The Balaban J connectivity index is 1.97. The lowest BCUT2D eigenvalue weighted by molar-refractivity contribution is -0.178. The summed E-state index contributed by atoms with van der Waals surface area (Å²) in [5.41, 5.74) is 2.33. The molecule has 0 aromatic heterocycles. The Kier molecular flexibility index (Phi) is 8.82. The third-order valence-electron chi connectivity index (χ3n) is 8.13. The fourth-order valence-corrected chi connectivity index (χ4v) is 6.20. The number of aliphatic hydroxyl groups excluding tert-OH is 2. The topological polar surface area (TPSA) is 96.3 Å². The Morgan fingerprint density at radius 3 is 2.56 bits per heavy atom. The molecule has 1 aliphatic heterocycles. The minimum atomic E-state index is -0.669. The molecule has 1 amide bonds. The fraction of sp³-hybridized carbons (Fsp3) is 0.692.